The molecule has 0 aliphatic rings. The molecule has 0 saturated carbocycles. The summed E-state index contributed by atoms with van der Waals surface area (Å²) in [5.41, 5.74) is 0. The van der Waals surface area contributed by atoms with Gasteiger partial charge in [0.2, 0.25) is 5.91 Å². The van der Waals surface area contributed by atoms with E-state index in [4.69, 9.17) is 4.74 Å². The normalized spacial score (nSPS) is 10.5. The first-order chi connectivity index (χ1) is 10.6. The summed E-state index contributed by atoms with van der Waals surface area (Å²) in [6.45, 7) is 0.925. The van der Waals surface area contributed by atoms with Gasteiger partial charge in [0, 0.05) is 18.3 Å². The minimum Gasteiger partial charge on any atom is -0.492 e. The van der Waals surface area contributed by atoms with Crippen LogP contribution in [0.4, 0.5) is 4.39 Å². The lowest BCUT2D eigenvalue weighted by Crippen LogP contribution is -2.30. The van der Waals surface area contributed by atoms with Crippen LogP contribution in [-0.2, 0) is 11.2 Å². The van der Waals surface area contributed by atoms with E-state index < -0.39 is 0 Å². The van der Waals surface area contributed by atoms with Crippen molar-refractivity contribution < 1.29 is 13.9 Å². The highest BCUT2D eigenvalue weighted by atomic mass is 32.1. The maximum absolute atomic E-state index is 12.8. The average Bonchev–Trinajstić information content (AvgIpc) is 3.02. The maximum Gasteiger partial charge on any atom is 0.222 e. The summed E-state index contributed by atoms with van der Waals surface area (Å²) in [5.74, 6) is 0.449. The van der Waals surface area contributed by atoms with Crippen molar-refractivity contribution in [3.8, 4) is 5.75 Å². The second-order valence-electron chi connectivity index (χ2n) is 5.05. The van der Waals surface area contributed by atoms with E-state index in [1.54, 1.807) is 35.4 Å². The van der Waals surface area contributed by atoms with Crippen molar-refractivity contribution >= 4 is 17.2 Å². The lowest BCUT2D eigenvalue weighted by molar-refractivity contribution is -0.130. The van der Waals surface area contributed by atoms with Crippen LogP contribution >= 0.6 is 11.3 Å². The Bertz CT molecular complexity index is 569. The van der Waals surface area contributed by atoms with Crippen LogP contribution in [-0.4, -0.2) is 31.0 Å². The van der Waals surface area contributed by atoms with Crippen molar-refractivity contribution in [3.63, 3.8) is 0 Å². The van der Waals surface area contributed by atoms with Gasteiger partial charge in [-0.3, -0.25) is 4.79 Å². The molecule has 1 aromatic heterocycles. The van der Waals surface area contributed by atoms with Crippen molar-refractivity contribution in [1.82, 2.24) is 4.90 Å². The van der Waals surface area contributed by atoms with Crippen LogP contribution in [0.5, 0.6) is 5.75 Å². The molecule has 3 nitrogen and oxygen atoms in total. The van der Waals surface area contributed by atoms with E-state index in [9.17, 15) is 9.18 Å². The van der Waals surface area contributed by atoms with Gasteiger partial charge in [-0.2, -0.15) is 0 Å². The Kier molecular flexibility index (Phi) is 6.40. The standard InChI is InChI=1S/C17H20FNO2S/c1-19(11-12-21-15-9-7-14(18)8-10-15)17(20)6-2-4-16-5-3-13-22-16/h3,5,7-10,13H,2,4,6,11-12H2,1H3. The third-order valence-corrected chi connectivity index (χ3v) is 4.26. The monoisotopic (exact) mass is 321 g/mol. The molecule has 0 fully saturated rings. The number of hydrogen-bond donors (Lipinski definition) is 0. The minimum absolute atomic E-state index is 0.124. The van der Waals surface area contributed by atoms with E-state index in [0.717, 1.165) is 12.8 Å². The SMILES string of the molecule is CN(CCOc1ccc(F)cc1)C(=O)CCCc1cccs1. The molecule has 0 unspecified atom stereocenters. The van der Waals surface area contributed by atoms with E-state index in [1.165, 1.54) is 17.0 Å². The number of benzene rings is 1. The molecule has 0 aliphatic heterocycles. The molecular formula is C17H20FNO2S. The number of carbonyl (C=O) groups excluding carboxylic acids is 1. The van der Waals surface area contributed by atoms with Gasteiger partial charge in [-0.05, 0) is 48.6 Å². The quantitative estimate of drug-likeness (QED) is 0.741. The molecule has 2 aromatic rings. The van der Waals surface area contributed by atoms with Crippen molar-refractivity contribution in [3.05, 3.63) is 52.5 Å². The number of hydrogen-bond acceptors (Lipinski definition) is 3. The molecule has 0 aliphatic carbocycles. The average molecular weight is 321 g/mol. The summed E-state index contributed by atoms with van der Waals surface area (Å²) in [6.07, 6.45) is 2.36. The summed E-state index contributed by atoms with van der Waals surface area (Å²) in [5, 5.41) is 2.05. The molecule has 0 radical (unpaired) electrons. The van der Waals surface area contributed by atoms with E-state index in [1.807, 2.05) is 6.07 Å². The molecule has 1 aromatic carbocycles. The molecule has 118 valence electrons. The number of carbonyl (C=O) groups is 1. The van der Waals surface area contributed by atoms with Gasteiger partial charge >= 0.3 is 0 Å². The zero-order valence-corrected chi connectivity index (χ0v) is 13.4. The Morgan fingerprint density at radius 1 is 1.27 bits per heavy atom. The summed E-state index contributed by atoms with van der Waals surface area (Å²) in [6, 6.07) is 10.00. The Morgan fingerprint density at radius 2 is 2.05 bits per heavy atom. The highest BCUT2D eigenvalue weighted by Crippen LogP contribution is 2.13. The second kappa shape index (κ2) is 8.54. The van der Waals surface area contributed by atoms with Crippen LogP contribution in [0.3, 0.4) is 0 Å². The smallest absolute Gasteiger partial charge is 0.222 e. The molecule has 0 spiro atoms. The summed E-state index contributed by atoms with van der Waals surface area (Å²) < 4.78 is 18.2. The van der Waals surface area contributed by atoms with Gasteiger partial charge in [-0.1, -0.05) is 6.07 Å². The van der Waals surface area contributed by atoms with Crippen molar-refractivity contribution in [2.24, 2.45) is 0 Å². The molecule has 1 heterocycles. The van der Waals surface area contributed by atoms with E-state index >= 15 is 0 Å². The lowest BCUT2D eigenvalue weighted by Gasteiger charge is -2.17. The van der Waals surface area contributed by atoms with Crippen LogP contribution < -0.4 is 4.74 Å². The molecule has 22 heavy (non-hydrogen) atoms. The third kappa shape index (κ3) is 5.48. The van der Waals surface area contributed by atoms with Crippen LogP contribution in [0.15, 0.2) is 41.8 Å². The van der Waals surface area contributed by atoms with Gasteiger partial charge in [0.15, 0.2) is 0 Å². The van der Waals surface area contributed by atoms with Gasteiger partial charge in [-0.25, -0.2) is 4.39 Å². The summed E-state index contributed by atoms with van der Waals surface area (Å²) in [4.78, 5) is 15.0. The van der Waals surface area contributed by atoms with Crippen LogP contribution in [0.1, 0.15) is 17.7 Å². The Balaban J connectivity index is 1.62. The number of amides is 1. The van der Waals surface area contributed by atoms with Gasteiger partial charge in [0.05, 0.1) is 6.54 Å². The van der Waals surface area contributed by atoms with Gasteiger partial charge in [0.25, 0.3) is 0 Å². The fraction of sp³-hybridized carbons (Fsp3) is 0.353. The predicted octanol–water partition coefficient (Wildman–Crippen LogP) is 3.75. The largest absolute Gasteiger partial charge is 0.492 e. The lowest BCUT2D eigenvalue weighted by atomic mass is 10.2. The zero-order valence-electron chi connectivity index (χ0n) is 12.6. The van der Waals surface area contributed by atoms with E-state index in [2.05, 4.69) is 11.4 Å². The van der Waals surface area contributed by atoms with Crippen molar-refractivity contribution in [1.29, 1.82) is 0 Å². The number of rotatable bonds is 8. The Hall–Kier alpha value is -1.88. The number of aryl methyl sites for hydroxylation is 1. The number of halogens is 1. The van der Waals surface area contributed by atoms with Crippen LogP contribution in [0.2, 0.25) is 0 Å². The highest BCUT2D eigenvalue weighted by molar-refractivity contribution is 7.09. The molecule has 5 heteroatoms. The molecule has 1 amide bonds. The first-order valence-electron chi connectivity index (χ1n) is 7.30. The van der Waals surface area contributed by atoms with E-state index in [0.29, 0.717) is 25.3 Å². The molecule has 0 bridgehead atoms. The Labute approximate surface area is 134 Å². The first kappa shape index (κ1) is 16.5. The van der Waals surface area contributed by atoms with Crippen molar-refractivity contribution in [2.75, 3.05) is 20.2 Å². The molecular weight excluding hydrogens is 301 g/mol. The number of nitrogens with zero attached hydrogens (tertiary/aromatic N) is 1. The highest BCUT2D eigenvalue weighted by Gasteiger charge is 2.08. The zero-order chi connectivity index (χ0) is 15.8. The molecule has 2 rings (SSSR count). The maximum atomic E-state index is 12.8. The molecule has 0 atom stereocenters. The van der Waals surface area contributed by atoms with Crippen LogP contribution in [0.25, 0.3) is 0 Å². The number of thiophene rings is 1. The van der Waals surface area contributed by atoms with Crippen LogP contribution in [0, 0.1) is 5.82 Å². The predicted molar refractivity (Wildman–Crippen MR) is 86.8 cm³/mol. The Morgan fingerprint density at radius 3 is 2.73 bits per heavy atom. The fourth-order valence-corrected chi connectivity index (χ4v) is 2.77. The summed E-state index contributed by atoms with van der Waals surface area (Å²) in [7, 11) is 1.78. The number of ether oxygens (including phenoxy) is 1. The van der Waals surface area contributed by atoms with E-state index in [-0.39, 0.29) is 11.7 Å². The number of likely N-dealkylation sites (N-methyl/N-ethyl adjacent to an activating group) is 1. The third-order valence-electron chi connectivity index (χ3n) is 3.33. The second-order valence-corrected chi connectivity index (χ2v) is 6.08. The minimum atomic E-state index is -0.287. The fourth-order valence-electron chi connectivity index (χ4n) is 2.02. The molecule has 0 N–H and O–H groups in total. The van der Waals surface area contributed by atoms with Crippen molar-refractivity contribution in [2.45, 2.75) is 19.3 Å². The van der Waals surface area contributed by atoms with Gasteiger partial charge in [-0.15, -0.1) is 11.3 Å². The van der Waals surface area contributed by atoms with Gasteiger partial charge in [0.1, 0.15) is 18.2 Å². The van der Waals surface area contributed by atoms with Gasteiger partial charge < -0.3 is 9.64 Å². The topological polar surface area (TPSA) is 29.5 Å². The molecule has 0 saturated heterocycles. The summed E-state index contributed by atoms with van der Waals surface area (Å²) >= 11 is 1.72. The first-order valence-corrected chi connectivity index (χ1v) is 8.18.